The van der Waals surface area contributed by atoms with Gasteiger partial charge in [0.05, 0.1) is 11.1 Å². The average molecular weight is 388 g/mol. The van der Waals surface area contributed by atoms with Crippen molar-refractivity contribution < 1.29 is 14.3 Å². The number of hydrogen-bond acceptors (Lipinski definition) is 4. The molecule has 2 heterocycles. The number of nitrogens with zero attached hydrogens (tertiary/aromatic N) is 2. The lowest BCUT2D eigenvalue weighted by Gasteiger charge is -2.30. The highest BCUT2D eigenvalue weighted by Gasteiger charge is 2.29. The minimum atomic E-state index is 0.0799. The molecule has 0 unspecified atom stereocenters. The molecule has 2 aromatic carbocycles. The zero-order valence-corrected chi connectivity index (χ0v) is 16.6. The molecule has 0 atom stereocenters. The number of benzene rings is 2. The smallest absolute Gasteiger partial charge is 0.255 e. The van der Waals surface area contributed by atoms with Crippen molar-refractivity contribution in [2.45, 2.75) is 45.2 Å². The van der Waals surface area contributed by atoms with E-state index in [4.69, 9.17) is 9.47 Å². The summed E-state index contributed by atoms with van der Waals surface area (Å²) < 4.78 is 11.0. The largest absolute Gasteiger partial charge is 0.454 e. The van der Waals surface area contributed by atoms with E-state index >= 15 is 0 Å². The van der Waals surface area contributed by atoms with Gasteiger partial charge in [0, 0.05) is 23.7 Å². The molecule has 1 aliphatic heterocycles. The Morgan fingerprint density at radius 1 is 1.07 bits per heavy atom. The minimum Gasteiger partial charge on any atom is -0.454 e. The fourth-order valence-corrected chi connectivity index (χ4v) is 4.46. The van der Waals surface area contributed by atoms with E-state index in [1.54, 1.807) is 0 Å². The number of pyridine rings is 1. The van der Waals surface area contributed by atoms with Crippen LogP contribution in [0.15, 0.2) is 48.5 Å². The number of aromatic nitrogens is 1. The Kier molecular flexibility index (Phi) is 4.58. The first-order valence-corrected chi connectivity index (χ1v) is 10.2. The van der Waals surface area contributed by atoms with E-state index in [9.17, 15) is 4.79 Å². The molecule has 5 rings (SSSR count). The molecular formula is C24H24N2O3. The molecule has 148 valence electrons. The van der Waals surface area contributed by atoms with Crippen molar-refractivity contribution >= 4 is 16.8 Å². The lowest BCUT2D eigenvalue weighted by molar-refractivity contribution is 0.0666. The van der Waals surface area contributed by atoms with Crippen LogP contribution in [-0.2, 0) is 6.54 Å². The van der Waals surface area contributed by atoms with Crippen molar-refractivity contribution in [3.05, 3.63) is 65.4 Å². The number of hydrogen-bond donors (Lipinski definition) is 0. The highest BCUT2D eigenvalue weighted by atomic mass is 16.7. The first-order chi connectivity index (χ1) is 14.2. The van der Waals surface area contributed by atoms with Gasteiger partial charge in [0.25, 0.3) is 5.91 Å². The highest BCUT2D eigenvalue weighted by molar-refractivity contribution is 6.06. The molecule has 1 saturated carbocycles. The van der Waals surface area contributed by atoms with Crippen molar-refractivity contribution in [2.24, 2.45) is 0 Å². The molecule has 1 amide bonds. The maximum atomic E-state index is 13.8. The number of fused-ring (bicyclic) bond motifs is 2. The van der Waals surface area contributed by atoms with Gasteiger partial charge in [-0.05, 0) is 49.6 Å². The fraction of sp³-hybridized carbons (Fsp3) is 0.333. The zero-order chi connectivity index (χ0) is 19.8. The van der Waals surface area contributed by atoms with Crippen molar-refractivity contribution in [2.75, 3.05) is 6.79 Å². The second-order valence-corrected chi connectivity index (χ2v) is 7.89. The molecule has 0 bridgehead atoms. The standard InChI is InChI=1S/C24H24N2O3/c1-16-12-20(19-8-4-5-9-21(19)25-16)24(27)26(18-6-2-3-7-18)14-17-10-11-22-23(13-17)29-15-28-22/h4-5,8-13,18H,2-3,6-7,14-15H2,1H3. The summed E-state index contributed by atoms with van der Waals surface area (Å²) in [5.41, 5.74) is 3.53. The summed E-state index contributed by atoms with van der Waals surface area (Å²) in [6.07, 6.45) is 4.45. The van der Waals surface area contributed by atoms with Crippen LogP contribution < -0.4 is 9.47 Å². The van der Waals surface area contributed by atoms with Crippen LogP contribution in [0.5, 0.6) is 11.5 Å². The van der Waals surface area contributed by atoms with E-state index in [-0.39, 0.29) is 18.7 Å². The van der Waals surface area contributed by atoms with Gasteiger partial charge < -0.3 is 14.4 Å². The summed E-state index contributed by atoms with van der Waals surface area (Å²) in [6.45, 7) is 2.77. The van der Waals surface area contributed by atoms with E-state index in [0.29, 0.717) is 6.54 Å². The predicted molar refractivity (Wildman–Crippen MR) is 111 cm³/mol. The second kappa shape index (κ2) is 7.39. The van der Waals surface area contributed by atoms with Crippen LogP contribution in [0.25, 0.3) is 10.9 Å². The van der Waals surface area contributed by atoms with Gasteiger partial charge in [-0.3, -0.25) is 9.78 Å². The van der Waals surface area contributed by atoms with E-state index in [1.807, 2.05) is 60.4 Å². The number of carbonyl (C=O) groups excluding carboxylic acids is 1. The second-order valence-electron chi connectivity index (χ2n) is 7.89. The normalized spacial score (nSPS) is 15.8. The molecule has 1 fully saturated rings. The van der Waals surface area contributed by atoms with E-state index in [1.165, 1.54) is 12.8 Å². The Labute approximate surface area is 170 Å². The van der Waals surface area contributed by atoms with Crippen molar-refractivity contribution in [1.82, 2.24) is 9.88 Å². The van der Waals surface area contributed by atoms with Crippen LogP contribution in [0.1, 0.15) is 47.3 Å². The molecule has 0 radical (unpaired) electrons. The minimum absolute atomic E-state index is 0.0799. The SMILES string of the molecule is Cc1cc(C(=O)N(Cc2ccc3c(c2)OCO3)C2CCCC2)c2ccccc2n1. The molecule has 1 aliphatic carbocycles. The molecular weight excluding hydrogens is 364 g/mol. The molecule has 29 heavy (non-hydrogen) atoms. The van der Waals surface area contributed by atoms with Crippen molar-refractivity contribution in [1.29, 1.82) is 0 Å². The Hall–Kier alpha value is -3.08. The van der Waals surface area contributed by atoms with Crippen LogP contribution in [-0.4, -0.2) is 28.6 Å². The fourth-order valence-electron chi connectivity index (χ4n) is 4.46. The third-order valence-electron chi connectivity index (χ3n) is 5.89. The van der Waals surface area contributed by atoms with Gasteiger partial charge in [0.2, 0.25) is 6.79 Å². The Morgan fingerprint density at radius 3 is 2.72 bits per heavy atom. The summed E-state index contributed by atoms with van der Waals surface area (Å²) >= 11 is 0. The van der Waals surface area contributed by atoms with Crippen LogP contribution in [0.3, 0.4) is 0 Å². The Balaban J connectivity index is 1.52. The number of para-hydroxylation sites is 1. The van der Waals surface area contributed by atoms with Gasteiger partial charge in [-0.2, -0.15) is 0 Å². The number of carbonyl (C=O) groups is 1. The summed E-state index contributed by atoms with van der Waals surface area (Å²) in [4.78, 5) is 20.4. The van der Waals surface area contributed by atoms with Crippen LogP contribution >= 0.6 is 0 Å². The van der Waals surface area contributed by atoms with Crippen LogP contribution in [0, 0.1) is 6.92 Å². The molecule has 0 saturated heterocycles. The van der Waals surface area contributed by atoms with E-state index < -0.39 is 0 Å². The molecule has 0 spiro atoms. The van der Waals surface area contributed by atoms with E-state index in [0.717, 1.165) is 52.1 Å². The van der Waals surface area contributed by atoms with Gasteiger partial charge in [-0.25, -0.2) is 0 Å². The molecule has 2 aliphatic rings. The first-order valence-electron chi connectivity index (χ1n) is 10.2. The zero-order valence-electron chi connectivity index (χ0n) is 16.6. The van der Waals surface area contributed by atoms with Gasteiger partial charge >= 0.3 is 0 Å². The first kappa shape index (κ1) is 18.0. The summed E-state index contributed by atoms with van der Waals surface area (Å²) in [6, 6.07) is 16.0. The maximum absolute atomic E-state index is 13.8. The van der Waals surface area contributed by atoms with E-state index in [2.05, 4.69) is 4.98 Å². The predicted octanol–water partition coefficient (Wildman–Crippen LogP) is 4.86. The Morgan fingerprint density at radius 2 is 1.86 bits per heavy atom. The number of rotatable bonds is 4. The summed E-state index contributed by atoms with van der Waals surface area (Å²) in [5, 5.41) is 0.914. The molecule has 1 aromatic heterocycles. The molecule has 5 nitrogen and oxygen atoms in total. The highest BCUT2D eigenvalue weighted by Crippen LogP contribution is 2.34. The monoisotopic (exact) mass is 388 g/mol. The number of ether oxygens (including phenoxy) is 2. The van der Waals surface area contributed by atoms with Gasteiger partial charge in [0.15, 0.2) is 11.5 Å². The van der Waals surface area contributed by atoms with Gasteiger partial charge in [0.1, 0.15) is 0 Å². The quantitative estimate of drug-likeness (QED) is 0.641. The average Bonchev–Trinajstić information content (AvgIpc) is 3.42. The van der Waals surface area contributed by atoms with Gasteiger partial charge in [-0.15, -0.1) is 0 Å². The molecule has 0 N–H and O–H groups in total. The lowest BCUT2D eigenvalue weighted by Crippen LogP contribution is -2.38. The third-order valence-corrected chi connectivity index (χ3v) is 5.89. The summed E-state index contributed by atoms with van der Waals surface area (Å²) in [5.74, 6) is 1.60. The number of amides is 1. The van der Waals surface area contributed by atoms with Crippen molar-refractivity contribution in [3.8, 4) is 11.5 Å². The molecule has 5 heteroatoms. The van der Waals surface area contributed by atoms with Crippen molar-refractivity contribution in [3.63, 3.8) is 0 Å². The van der Waals surface area contributed by atoms with Crippen LogP contribution in [0.2, 0.25) is 0 Å². The third kappa shape index (κ3) is 3.41. The topological polar surface area (TPSA) is 51.7 Å². The number of aryl methyl sites for hydroxylation is 1. The summed E-state index contributed by atoms with van der Waals surface area (Å²) in [7, 11) is 0. The van der Waals surface area contributed by atoms with Gasteiger partial charge in [-0.1, -0.05) is 37.1 Å². The molecule has 3 aromatic rings. The maximum Gasteiger partial charge on any atom is 0.255 e. The van der Waals surface area contributed by atoms with Crippen LogP contribution in [0.4, 0.5) is 0 Å². The lowest BCUT2D eigenvalue weighted by atomic mass is 10.0. The Bertz CT molecular complexity index is 1070.